The maximum Gasteiger partial charge on any atom is 0.405 e. The summed E-state index contributed by atoms with van der Waals surface area (Å²) in [6, 6.07) is 5.17. The number of hydrogen-bond acceptors (Lipinski definition) is 6. The molecule has 2 aromatic heterocycles. The van der Waals surface area contributed by atoms with Gasteiger partial charge in [-0.3, -0.25) is 15.2 Å². The molecule has 144 valence electrons. The van der Waals surface area contributed by atoms with Gasteiger partial charge >= 0.3 is 12.1 Å². The van der Waals surface area contributed by atoms with Crippen molar-refractivity contribution in [3.63, 3.8) is 0 Å². The fraction of sp³-hybridized carbons (Fsp3) is 0.111. The summed E-state index contributed by atoms with van der Waals surface area (Å²) in [5.41, 5.74) is -0.00238. The Morgan fingerprint density at radius 1 is 1.29 bits per heavy atom. The summed E-state index contributed by atoms with van der Waals surface area (Å²) < 4.78 is 43.1. The van der Waals surface area contributed by atoms with Crippen LogP contribution in [0.15, 0.2) is 41.1 Å². The van der Waals surface area contributed by atoms with Crippen LogP contribution in [0.3, 0.4) is 0 Å². The molecule has 0 unspecified atom stereocenters. The molecular weight excluding hydrogens is 379 g/mol. The van der Waals surface area contributed by atoms with E-state index in [0.717, 1.165) is 12.3 Å². The summed E-state index contributed by atoms with van der Waals surface area (Å²) in [7, 11) is 0. The molecule has 0 aliphatic heterocycles. The average molecular weight is 391 g/mol. The number of aromatic nitrogens is 1. The summed E-state index contributed by atoms with van der Waals surface area (Å²) in [5, 5.41) is 20.0. The van der Waals surface area contributed by atoms with Gasteiger partial charge in [0, 0.05) is 28.4 Å². The highest BCUT2D eigenvalue weighted by molar-refractivity contribution is 6.20. The van der Waals surface area contributed by atoms with Crippen molar-refractivity contribution in [3.8, 4) is 0 Å². The van der Waals surface area contributed by atoms with Gasteiger partial charge in [0.1, 0.15) is 24.1 Å². The Morgan fingerprint density at radius 3 is 2.68 bits per heavy atom. The summed E-state index contributed by atoms with van der Waals surface area (Å²) in [4.78, 5) is 25.9. The molecule has 0 atom stereocenters. The molecule has 0 fully saturated rings. The highest BCUT2D eigenvalue weighted by Crippen LogP contribution is 2.28. The number of nitrogens with one attached hydrogen (secondary N) is 2. The zero-order chi connectivity index (χ0) is 20.5. The predicted molar refractivity (Wildman–Crippen MR) is 93.3 cm³/mol. The third-order valence-corrected chi connectivity index (χ3v) is 3.88. The molecule has 10 heteroatoms. The van der Waals surface area contributed by atoms with Gasteiger partial charge in [0.05, 0.1) is 11.3 Å². The molecule has 0 saturated heterocycles. The Morgan fingerprint density at radius 2 is 2.04 bits per heavy atom. The minimum Gasteiger partial charge on any atom is -0.478 e. The monoisotopic (exact) mass is 391 g/mol. The summed E-state index contributed by atoms with van der Waals surface area (Å²) in [5.74, 6) is -1.18. The van der Waals surface area contributed by atoms with Crippen molar-refractivity contribution in [2.75, 3.05) is 11.9 Å². The van der Waals surface area contributed by atoms with E-state index < -0.39 is 18.7 Å². The molecule has 2 heterocycles. The lowest BCUT2D eigenvalue weighted by Crippen LogP contribution is -2.22. The van der Waals surface area contributed by atoms with E-state index in [1.54, 1.807) is 0 Å². The van der Waals surface area contributed by atoms with Crippen LogP contribution < -0.4 is 5.32 Å². The predicted octanol–water partition coefficient (Wildman–Crippen LogP) is 3.73. The average Bonchev–Trinajstić information content (AvgIpc) is 3.08. The molecule has 3 rings (SSSR count). The largest absolute Gasteiger partial charge is 0.478 e. The molecule has 3 N–H and O–H groups in total. The molecule has 28 heavy (non-hydrogen) atoms. The number of carboxylic acid groups (broad SMARTS) is 1. The third kappa shape index (κ3) is 3.85. The van der Waals surface area contributed by atoms with Gasteiger partial charge < -0.3 is 14.8 Å². The number of carbonyl (C=O) groups excluding carboxylic acids is 1. The van der Waals surface area contributed by atoms with Gasteiger partial charge in [0.25, 0.3) is 0 Å². The third-order valence-electron chi connectivity index (χ3n) is 3.88. The molecule has 0 bridgehead atoms. The van der Waals surface area contributed by atoms with Crippen molar-refractivity contribution < 1.29 is 32.3 Å². The molecule has 0 spiro atoms. The number of nitrogens with zero attached hydrogens (tertiary/aromatic N) is 1. The van der Waals surface area contributed by atoms with E-state index in [0.29, 0.717) is 17.3 Å². The number of fused-ring (bicyclic) bond motifs is 1. The van der Waals surface area contributed by atoms with Gasteiger partial charge in [-0.25, -0.2) is 4.79 Å². The van der Waals surface area contributed by atoms with Crippen LogP contribution in [0.1, 0.15) is 32.0 Å². The second-order valence-electron chi connectivity index (χ2n) is 5.78. The fourth-order valence-corrected chi connectivity index (χ4v) is 2.58. The van der Waals surface area contributed by atoms with Gasteiger partial charge in [0.2, 0.25) is 0 Å². The molecule has 0 saturated carbocycles. The molecule has 0 aliphatic rings. The van der Waals surface area contributed by atoms with Crippen molar-refractivity contribution in [3.05, 3.63) is 59.1 Å². The van der Waals surface area contributed by atoms with E-state index in [9.17, 15) is 22.8 Å². The van der Waals surface area contributed by atoms with Crippen LogP contribution in [-0.2, 0) is 0 Å². The van der Waals surface area contributed by atoms with Crippen LogP contribution >= 0.6 is 0 Å². The van der Waals surface area contributed by atoms with Crippen LogP contribution in [0.4, 0.5) is 18.9 Å². The molecule has 0 amide bonds. The molecule has 3 aromatic rings. The second kappa shape index (κ2) is 7.14. The van der Waals surface area contributed by atoms with Gasteiger partial charge in [-0.05, 0) is 24.3 Å². The molecule has 0 aliphatic carbocycles. The van der Waals surface area contributed by atoms with Crippen molar-refractivity contribution in [1.29, 1.82) is 5.41 Å². The standard InChI is InChI=1S/C18H12F3N3O4/c19-18(20,21)8-24-14-4-10(6-25)23-5-12(14)16(22)13-7-28-15-2-1-9(17(26)27)3-11(13)15/h1-7,22H,8H2,(H,23,24)(H,26,27). The maximum atomic E-state index is 12.6. The van der Waals surface area contributed by atoms with Crippen LogP contribution in [0.2, 0.25) is 0 Å². The van der Waals surface area contributed by atoms with Crippen molar-refractivity contribution >= 4 is 34.6 Å². The Hall–Kier alpha value is -3.69. The number of aldehydes is 1. The minimum absolute atomic E-state index is 0.00159. The Balaban J connectivity index is 2.07. The number of hydrogen-bond donors (Lipinski definition) is 3. The number of aromatic carboxylic acids is 1. The van der Waals surface area contributed by atoms with Crippen LogP contribution in [0, 0.1) is 5.41 Å². The first kappa shape index (κ1) is 19.1. The molecular formula is C18H12F3N3O4. The van der Waals surface area contributed by atoms with Gasteiger partial charge in [-0.15, -0.1) is 0 Å². The van der Waals surface area contributed by atoms with Crippen LogP contribution in [0.5, 0.6) is 0 Å². The zero-order valence-corrected chi connectivity index (χ0v) is 14.0. The van der Waals surface area contributed by atoms with Crippen molar-refractivity contribution in [1.82, 2.24) is 4.98 Å². The quantitative estimate of drug-likeness (QED) is 0.436. The van der Waals surface area contributed by atoms with E-state index in [4.69, 9.17) is 14.9 Å². The van der Waals surface area contributed by atoms with E-state index in [2.05, 4.69) is 10.3 Å². The Kier molecular flexibility index (Phi) is 4.87. The van der Waals surface area contributed by atoms with Crippen molar-refractivity contribution in [2.45, 2.75) is 6.18 Å². The second-order valence-corrected chi connectivity index (χ2v) is 5.78. The molecule has 7 nitrogen and oxygen atoms in total. The minimum atomic E-state index is -4.51. The SMILES string of the molecule is N=C(c1cnc(C=O)cc1NCC(F)(F)F)c1coc2ccc(C(=O)O)cc12. The zero-order valence-electron chi connectivity index (χ0n) is 14.0. The first-order valence-corrected chi connectivity index (χ1v) is 7.79. The Labute approximate surface area is 155 Å². The fourth-order valence-electron chi connectivity index (χ4n) is 2.58. The van der Waals surface area contributed by atoms with Crippen LogP contribution in [-0.4, -0.2) is 40.8 Å². The molecule has 0 radical (unpaired) electrons. The Bertz CT molecular complexity index is 1090. The van der Waals surface area contributed by atoms with E-state index in [1.165, 1.54) is 24.5 Å². The number of rotatable bonds is 6. The lowest BCUT2D eigenvalue weighted by molar-refractivity contribution is -0.115. The number of furan rings is 1. The molecule has 1 aromatic carbocycles. The lowest BCUT2D eigenvalue weighted by atomic mass is 10.00. The topological polar surface area (TPSA) is 116 Å². The van der Waals surface area contributed by atoms with E-state index in [1.807, 2.05) is 0 Å². The smallest absolute Gasteiger partial charge is 0.405 e. The van der Waals surface area contributed by atoms with Crippen LogP contribution in [0.25, 0.3) is 11.0 Å². The van der Waals surface area contributed by atoms with Gasteiger partial charge in [0.15, 0.2) is 6.29 Å². The summed E-state index contributed by atoms with van der Waals surface area (Å²) in [6.07, 6.45) is -1.83. The number of benzene rings is 1. The first-order chi connectivity index (χ1) is 13.2. The van der Waals surface area contributed by atoms with Gasteiger partial charge in [-0.1, -0.05) is 0 Å². The normalized spacial score (nSPS) is 11.4. The first-order valence-electron chi connectivity index (χ1n) is 7.79. The highest BCUT2D eigenvalue weighted by Gasteiger charge is 2.27. The van der Waals surface area contributed by atoms with Crippen molar-refractivity contribution in [2.24, 2.45) is 0 Å². The van der Waals surface area contributed by atoms with Gasteiger partial charge in [-0.2, -0.15) is 13.2 Å². The lowest BCUT2D eigenvalue weighted by Gasteiger charge is -2.14. The van der Waals surface area contributed by atoms with E-state index >= 15 is 0 Å². The van der Waals surface area contributed by atoms with E-state index in [-0.39, 0.29) is 33.8 Å². The number of carboxylic acids is 1. The number of alkyl halides is 3. The maximum absolute atomic E-state index is 12.6. The number of anilines is 1. The number of pyridine rings is 1. The summed E-state index contributed by atoms with van der Waals surface area (Å²) >= 11 is 0. The highest BCUT2D eigenvalue weighted by atomic mass is 19.4. The number of carbonyl (C=O) groups is 2. The number of halogens is 3. The summed E-state index contributed by atoms with van der Waals surface area (Å²) in [6.45, 7) is -1.37.